The van der Waals surface area contributed by atoms with Gasteiger partial charge in [-0.1, -0.05) is 34.1 Å². The molecule has 1 aromatic carbocycles. The number of benzene rings is 1. The van der Waals surface area contributed by atoms with E-state index in [1.54, 1.807) is 0 Å². The molecule has 2 aromatic rings. The molecule has 0 unspecified atom stereocenters. The summed E-state index contributed by atoms with van der Waals surface area (Å²) in [4.78, 5) is 8.98. The molecule has 3 rings (SSSR count). The Bertz CT molecular complexity index is 601. The molecule has 0 fully saturated rings. The van der Waals surface area contributed by atoms with E-state index in [-0.39, 0.29) is 0 Å². The van der Waals surface area contributed by atoms with Crippen LogP contribution in [0.2, 0.25) is 0 Å². The molecule has 0 amide bonds. The van der Waals surface area contributed by atoms with Crippen molar-refractivity contribution in [3.05, 3.63) is 40.0 Å². The van der Waals surface area contributed by atoms with E-state index in [0.29, 0.717) is 24.9 Å². The van der Waals surface area contributed by atoms with E-state index in [2.05, 4.69) is 25.9 Å². The Labute approximate surface area is 113 Å². The highest BCUT2D eigenvalue weighted by Crippen LogP contribution is 2.28. The molecule has 2 heterocycles. The third-order valence-corrected chi connectivity index (χ3v) is 3.66. The van der Waals surface area contributed by atoms with Crippen LogP contribution in [0.25, 0.3) is 11.4 Å². The monoisotopic (exact) mass is 305 g/mol. The molecule has 0 saturated heterocycles. The molecular weight excluding hydrogens is 294 g/mol. The minimum Gasteiger partial charge on any atom is -0.383 e. The lowest BCUT2D eigenvalue weighted by molar-refractivity contribution is 0.109. The third-order valence-electron chi connectivity index (χ3n) is 2.97. The maximum Gasteiger partial charge on any atom is 0.162 e. The van der Waals surface area contributed by atoms with Gasteiger partial charge in [-0.15, -0.1) is 0 Å². The Morgan fingerprint density at radius 1 is 1.22 bits per heavy atom. The van der Waals surface area contributed by atoms with Gasteiger partial charge in [0, 0.05) is 22.0 Å². The van der Waals surface area contributed by atoms with Crippen molar-refractivity contribution in [3.63, 3.8) is 0 Å². The smallest absolute Gasteiger partial charge is 0.162 e. The molecule has 1 aliphatic heterocycles. The summed E-state index contributed by atoms with van der Waals surface area (Å²) in [7, 11) is 0. The summed E-state index contributed by atoms with van der Waals surface area (Å²) < 4.78 is 6.35. The van der Waals surface area contributed by atoms with Crippen LogP contribution in [0.15, 0.2) is 28.7 Å². The highest BCUT2D eigenvalue weighted by molar-refractivity contribution is 9.10. The van der Waals surface area contributed by atoms with Gasteiger partial charge in [0.15, 0.2) is 5.82 Å². The number of hydrogen-bond acceptors (Lipinski definition) is 4. The van der Waals surface area contributed by atoms with Gasteiger partial charge < -0.3 is 10.5 Å². The zero-order valence-electron chi connectivity index (χ0n) is 9.69. The molecule has 1 aromatic heterocycles. The summed E-state index contributed by atoms with van der Waals surface area (Å²) in [5.74, 6) is 1.19. The van der Waals surface area contributed by atoms with Crippen LogP contribution in [-0.4, -0.2) is 16.6 Å². The van der Waals surface area contributed by atoms with E-state index in [9.17, 15) is 0 Å². The third kappa shape index (κ3) is 2.00. The second kappa shape index (κ2) is 4.66. The Balaban J connectivity index is 2.14. The molecule has 2 N–H and O–H groups in total. The summed E-state index contributed by atoms with van der Waals surface area (Å²) in [6.07, 6.45) is 0.791. The van der Waals surface area contributed by atoms with Crippen molar-refractivity contribution in [2.24, 2.45) is 0 Å². The van der Waals surface area contributed by atoms with Gasteiger partial charge in [-0.3, -0.25) is 0 Å². The lowest BCUT2D eigenvalue weighted by Gasteiger charge is -2.18. The second-order valence-corrected chi connectivity index (χ2v) is 4.99. The van der Waals surface area contributed by atoms with E-state index in [1.165, 1.54) is 0 Å². The van der Waals surface area contributed by atoms with Gasteiger partial charge in [0.2, 0.25) is 0 Å². The number of hydrogen-bond donors (Lipinski definition) is 1. The second-order valence-electron chi connectivity index (χ2n) is 4.14. The van der Waals surface area contributed by atoms with Gasteiger partial charge >= 0.3 is 0 Å². The molecule has 0 radical (unpaired) electrons. The van der Waals surface area contributed by atoms with E-state index in [0.717, 1.165) is 27.7 Å². The predicted molar refractivity (Wildman–Crippen MR) is 72.9 cm³/mol. The number of fused-ring (bicyclic) bond motifs is 1. The Morgan fingerprint density at radius 3 is 2.89 bits per heavy atom. The molecule has 1 aliphatic rings. The van der Waals surface area contributed by atoms with E-state index < -0.39 is 0 Å². The molecular formula is C13H12BrN3O. The predicted octanol–water partition coefficient (Wildman–Crippen LogP) is 2.56. The highest BCUT2D eigenvalue weighted by Gasteiger charge is 2.17. The van der Waals surface area contributed by atoms with Crippen LogP contribution >= 0.6 is 15.9 Å². The van der Waals surface area contributed by atoms with Gasteiger partial charge in [-0.25, -0.2) is 9.97 Å². The number of halogens is 1. The summed E-state index contributed by atoms with van der Waals surface area (Å²) in [6.45, 7) is 1.20. The number of rotatable bonds is 1. The van der Waals surface area contributed by atoms with Crippen LogP contribution in [0.3, 0.4) is 0 Å². The molecule has 0 aliphatic carbocycles. The fourth-order valence-electron chi connectivity index (χ4n) is 2.02. The highest BCUT2D eigenvalue weighted by atomic mass is 79.9. The first-order valence-electron chi connectivity index (χ1n) is 5.73. The molecule has 5 heteroatoms. The lowest BCUT2D eigenvalue weighted by atomic mass is 10.1. The number of aromatic nitrogens is 2. The quantitative estimate of drug-likeness (QED) is 0.879. The number of ether oxygens (including phenoxy) is 1. The number of nitrogens with zero attached hydrogens (tertiary/aromatic N) is 2. The van der Waals surface area contributed by atoms with Crippen molar-refractivity contribution in [1.29, 1.82) is 0 Å². The zero-order chi connectivity index (χ0) is 12.5. The van der Waals surface area contributed by atoms with Crippen molar-refractivity contribution in [3.8, 4) is 11.4 Å². The summed E-state index contributed by atoms with van der Waals surface area (Å²) in [6, 6.07) is 7.87. The fraction of sp³-hybridized carbons (Fsp3) is 0.231. The van der Waals surface area contributed by atoms with Crippen molar-refractivity contribution < 1.29 is 4.74 Å². The summed E-state index contributed by atoms with van der Waals surface area (Å²) in [5, 5.41) is 0. The van der Waals surface area contributed by atoms with Crippen molar-refractivity contribution in [2.75, 3.05) is 12.3 Å². The standard InChI is InChI=1S/C13H12BrN3O/c14-10-4-2-1-3-8(10)13-16-11-5-6-18-7-9(11)12(15)17-13/h1-4H,5-7H2,(H2,15,16,17). The fourth-order valence-corrected chi connectivity index (χ4v) is 2.48. The van der Waals surface area contributed by atoms with Gasteiger partial charge in [0.1, 0.15) is 5.82 Å². The first-order chi connectivity index (χ1) is 8.75. The summed E-state index contributed by atoms with van der Waals surface area (Å²) in [5.41, 5.74) is 8.87. The first-order valence-corrected chi connectivity index (χ1v) is 6.53. The topological polar surface area (TPSA) is 61.0 Å². The van der Waals surface area contributed by atoms with Gasteiger partial charge in [0.05, 0.1) is 18.9 Å². The lowest BCUT2D eigenvalue weighted by Crippen LogP contribution is -2.16. The zero-order valence-corrected chi connectivity index (χ0v) is 11.3. The van der Waals surface area contributed by atoms with Crippen LogP contribution < -0.4 is 5.73 Å². The van der Waals surface area contributed by atoms with E-state index >= 15 is 0 Å². The molecule has 0 bridgehead atoms. The molecule has 0 spiro atoms. The largest absolute Gasteiger partial charge is 0.383 e. The normalized spacial score (nSPS) is 14.3. The molecule has 0 saturated carbocycles. The van der Waals surface area contributed by atoms with Crippen molar-refractivity contribution in [1.82, 2.24) is 9.97 Å². The molecule has 18 heavy (non-hydrogen) atoms. The van der Waals surface area contributed by atoms with Crippen LogP contribution in [0.4, 0.5) is 5.82 Å². The Hall–Kier alpha value is -1.46. The Kier molecular flexibility index (Phi) is 3.01. The maximum absolute atomic E-state index is 5.98. The van der Waals surface area contributed by atoms with Crippen LogP contribution in [0.5, 0.6) is 0 Å². The number of nitrogens with two attached hydrogens (primary N) is 1. The maximum atomic E-state index is 5.98. The summed E-state index contributed by atoms with van der Waals surface area (Å²) >= 11 is 3.51. The first kappa shape index (κ1) is 11.6. The van der Waals surface area contributed by atoms with Gasteiger partial charge in [-0.05, 0) is 6.07 Å². The average molecular weight is 306 g/mol. The van der Waals surface area contributed by atoms with Crippen LogP contribution in [0, 0.1) is 0 Å². The van der Waals surface area contributed by atoms with Crippen molar-refractivity contribution in [2.45, 2.75) is 13.0 Å². The SMILES string of the molecule is Nc1nc(-c2ccccc2Br)nc2c1COCC2. The van der Waals surface area contributed by atoms with Crippen molar-refractivity contribution >= 4 is 21.7 Å². The van der Waals surface area contributed by atoms with Gasteiger partial charge in [0.25, 0.3) is 0 Å². The van der Waals surface area contributed by atoms with E-state index in [4.69, 9.17) is 10.5 Å². The minimum atomic E-state index is 0.511. The molecule has 0 atom stereocenters. The molecule has 92 valence electrons. The Morgan fingerprint density at radius 2 is 2.06 bits per heavy atom. The molecule has 4 nitrogen and oxygen atoms in total. The number of anilines is 1. The average Bonchev–Trinajstić information content (AvgIpc) is 2.39. The minimum absolute atomic E-state index is 0.511. The van der Waals surface area contributed by atoms with Crippen LogP contribution in [-0.2, 0) is 17.8 Å². The number of nitrogen functional groups attached to an aromatic ring is 1. The van der Waals surface area contributed by atoms with Crippen LogP contribution in [0.1, 0.15) is 11.3 Å². The van der Waals surface area contributed by atoms with E-state index in [1.807, 2.05) is 24.3 Å². The van der Waals surface area contributed by atoms with Gasteiger partial charge in [-0.2, -0.15) is 0 Å².